The topological polar surface area (TPSA) is 41.1 Å². The number of halogens is 2. The summed E-state index contributed by atoms with van der Waals surface area (Å²) in [6.07, 6.45) is 5.26. The van der Waals surface area contributed by atoms with Gasteiger partial charge in [-0.05, 0) is 49.2 Å². The van der Waals surface area contributed by atoms with Crippen molar-refractivity contribution < 1.29 is 4.79 Å². The Kier molecular flexibility index (Phi) is 5.64. The lowest BCUT2D eigenvalue weighted by molar-refractivity contribution is -0.120. The van der Waals surface area contributed by atoms with E-state index in [9.17, 15) is 4.79 Å². The lowest BCUT2D eigenvalue weighted by Crippen LogP contribution is -2.34. The van der Waals surface area contributed by atoms with Gasteiger partial charge in [-0.1, -0.05) is 36.0 Å². The number of anilines is 1. The first-order chi connectivity index (χ1) is 9.54. The summed E-state index contributed by atoms with van der Waals surface area (Å²) in [5, 5.41) is 6.87. The highest BCUT2D eigenvalue weighted by molar-refractivity contribution is 7.80. The number of rotatable bonds is 3. The maximum atomic E-state index is 11.8. The third-order valence-corrected chi connectivity index (χ3v) is 4.13. The average molecular weight is 331 g/mol. The summed E-state index contributed by atoms with van der Waals surface area (Å²) in [6, 6.07) is 5.05. The molecular weight excluding hydrogens is 315 g/mol. The van der Waals surface area contributed by atoms with Crippen molar-refractivity contribution in [1.29, 1.82) is 0 Å². The van der Waals surface area contributed by atoms with Gasteiger partial charge < -0.3 is 10.6 Å². The zero-order valence-electron chi connectivity index (χ0n) is 10.9. The summed E-state index contributed by atoms with van der Waals surface area (Å²) >= 11 is 17.0. The zero-order chi connectivity index (χ0) is 14.5. The molecular formula is C14H16Cl2N2OS. The molecule has 1 aromatic rings. The number of hydrogen-bond acceptors (Lipinski definition) is 2. The Balaban J connectivity index is 1.83. The predicted octanol–water partition coefficient (Wildman–Crippen LogP) is 4.39. The van der Waals surface area contributed by atoms with Crippen LogP contribution < -0.4 is 10.6 Å². The van der Waals surface area contributed by atoms with Crippen LogP contribution in [0.4, 0.5) is 5.69 Å². The molecule has 0 aromatic heterocycles. The van der Waals surface area contributed by atoms with Gasteiger partial charge >= 0.3 is 0 Å². The van der Waals surface area contributed by atoms with E-state index >= 15 is 0 Å². The number of nitrogens with one attached hydrogen (secondary N) is 2. The van der Waals surface area contributed by atoms with E-state index in [1.807, 2.05) is 0 Å². The molecule has 0 saturated heterocycles. The number of carbonyl (C=O) groups excluding carboxylic acids is 1. The summed E-state index contributed by atoms with van der Waals surface area (Å²) in [6.45, 7) is 0. The predicted molar refractivity (Wildman–Crippen MR) is 87.4 cm³/mol. The number of amides is 1. The van der Waals surface area contributed by atoms with E-state index in [0.29, 0.717) is 28.1 Å². The van der Waals surface area contributed by atoms with E-state index in [1.54, 1.807) is 18.2 Å². The molecule has 1 aliphatic rings. The molecule has 108 valence electrons. The second-order valence-electron chi connectivity index (χ2n) is 4.98. The van der Waals surface area contributed by atoms with Gasteiger partial charge in [-0.15, -0.1) is 0 Å². The van der Waals surface area contributed by atoms with E-state index in [0.717, 1.165) is 12.8 Å². The molecule has 0 heterocycles. The highest BCUT2D eigenvalue weighted by Gasteiger charge is 2.18. The van der Waals surface area contributed by atoms with Crippen LogP contribution in [0.15, 0.2) is 18.2 Å². The van der Waals surface area contributed by atoms with Crippen molar-refractivity contribution in [2.24, 2.45) is 5.92 Å². The lowest BCUT2D eigenvalue weighted by Gasteiger charge is -2.12. The van der Waals surface area contributed by atoms with E-state index in [4.69, 9.17) is 35.4 Å². The van der Waals surface area contributed by atoms with E-state index in [2.05, 4.69) is 10.6 Å². The van der Waals surface area contributed by atoms with Gasteiger partial charge in [-0.2, -0.15) is 0 Å². The molecule has 1 aliphatic carbocycles. The van der Waals surface area contributed by atoms with Crippen molar-refractivity contribution in [3.05, 3.63) is 28.2 Å². The van der Waals surface area contributed by atoms with Crippen LogP contribution in [-0.4, -0.2) is 11.0 Å². The number of benzene rings is 1. The van der Waals surface area contributed by atoms with Crippen LogP contribution in [0.1, 0.15) is 32.1 Å². The van der Waals surface area contributed by atoms with Crippen LogP contribution >= 0.6 is 35.4 Å². The molecule has 1 amide bonds. The zero-order valence-corrected chi connectivity index (χ0v) is 13.2. The van der Waals surface area contributed by atoms with Gasteiger partial charge in [0.05, 0.1) is 10.7 Å². The SMILES string of the molecule is O=C(CC1CCCC1)NC(=S)Nc1ccc(Cl)cc1Cl. The maximum Gasteiger partial charge on any atom is 0.226 e. The average Bonchev–Trinajstić information content (AvgIpc) is 2.85. The number of thiocarbonyl (C=S) groups is 1. The molecule has 20 heavy (non-hydrogen) atoms. The molecule has 3 nitrogen and oxygen atoms in total. The van der Waals surface area contributed by atoms with Gasteiger partial charge in [0.1, 0.15) is 0 Å². The molecule has 0 spiro atoms. The minimum atomic E-state index is -0.0421. The quantitative estimate of drug-likeness (QED) is 0.807. The van der Waals surface area contributed by atoms with Crippen molar-refractivity contribution in [2.45, 2.75) is 32.1 Å². The Morgan fingerprint density at radius 1 is 1.30 bits per heavy atom. The summed E-state index contributed by atoms with van der Waals surface area (Å²) in [5.74, 6) is 0.455. The van der Waals surface area contributed by atoms with Crippen molar-refractivity contribution in [3.8, 4) is 0 Å². The van der Waals surface area contributed by atoms with Gasteiger partial charge in [0.15, 0.2) is 5.11 Å². The summed E-state index contributed by atoms with van der Waals surface area (Å²) < 4.78 is 0. The molecule has 0 aliphatic heterocycles. The Bertz CT molecular complexity index is 516. The minimum absolute atomic E-state index is 0.0421. The second kappa shape index (κ2) is 7.25. The molecule has 6 heteroatoms. The van der Waals surface area contributed by atoms with E-state index in [-0.39, 0.29) is 11.0 Å². The molecule has 0 atom stereocenters. The lowest BCUT2D eigenvalue weighted by atomic mass is 10.0. The summed E-state index contributed by atoms with van der Waals surface area (Å²) in [5.41, 5.74) is 0.627. The number of hydrogen-bond donors (Lipinski definition) is 2. The van der Waals surface area contributed by atoms with Crippen LogP contribution in [0.2, 0.25) is 10.0 Å². The second-order valence-corrected chi connectivity index (χ2v) is 6.23. The Labute approximate surface area is 134 Å². The minimum Gasteiger partial charge on any atom is -0.331 e. The fraction of sp³-hybridized carbons (Fsp3) is 0.429. The van der Waals surface area contributed by atoms with Crippen LogP contribution in [0.3, 0.4) is 0 Å². The molecule has 0 unspecified atom stereocenters. The highest BCUT2D eigenvalue weighted by Crippen LogP contribution is 2.27. The van der Waals surface area contributed by atoms with Gasteiger partial charge in [0.2, 0.25) is 5.91 Å². The van der Waals surface area contributed by atoms with Crippen LogP contribution in [0, 0.1) is 5.92 Å². The van der Waals surface area contributed by atoms with Crippen LogP contribution in [-0.2, 0) is 4.79 Å². The van der Waals surface area contributed by atoms with E-state index < -0.39 is 0 Å². The maximum absolute atomic E-state index is 11.8. The van der Waals surface area contributed by atoms with Crippen molar-refractivity contribution in [1.82, 2.24) is 5.32 Å². The largest absolute Gasteiger partial charge is 0.331 e. The highest BCUT2D eigenvalue weighted by atomic mass is 35.5. The first-order valence-corrected chi connectivity index (χ1v) is 7.77. The molecule has 2 rings (SSSR count). The van der Waals surface area contributed by atoms with Crippen molar-refractivity contribution in [3.63, 3.8) is 0 Å². The first kappa shape index (κ1) is 15.5. The van der Waals surface area contributed by atoms with Crippen LogP contribution in [0.25, 0.3) is 0 Å². The van der Waals surface area contributed by atoms with Crippen molar-refractivity contribution in [2.75, 3.05) is 5.32 Å². The monoisotopic (exact) mass is 330 g/mol. The smallest absolute Gasteiger partial charge is 0.226 e. The third-order valence-electron chi connectivity index (χ3n) is 3.38. The van der Waals surface area contributed by atoms with Gasteiger partial charge in [-0.25, -0.2) is 0 Å². The Morgan fingerprint density at radius 2 is 2.00 bits per heavy atom. The molecule has 2 N–H and O–H groups in total. The Hall–Kier alpha value is -0.840. The summed E-state index contributed by atoms with van der Waals surface area (Å²) in [4.78, 5) is 11.8. The summed E-state index contributed by atoms with van der Waals surface area (Å²) in [7, 11) is 0. The molecule has 1 aromatic carbocycles. The standard InChI is InChI=1S/C14H16Cl2N2OS/c15-10-5-6-12(11(16)8-10)17-14(20)18-13(19)7-9-3-1-2-4-9/h5-6,8-9H,1-4,7H2,(H2,17,18,19,20). The number of carbonyl (C=O) groups is 1. The Morgan fingerprint density at radius 3 is 2.65 bits per heavy atom. The molecule has 1 fully saturated rings. The van der Waals surface area contributed by atoms with E-state index in [1.165, 1.54) is 12.8 Å². The molecule has 0 radical (unpaired) electrons. The molecule has 0 bridgehead atoms. The fourth-order valence-corrected chi connectivity index (χ4v) is 3.08. The molecule has 1 saturated carbocycles. The van der Waals surface area contributed by atoms with Gasteiger partial charge in [0, 0.05) is 11.4 Å². The van der Waals surface area contributed by atoms with Gasteiger partial charge in [-0.3, -0.25) is 4.79 Å². The van der Waals surface area contributed by atoms with Crippen LogP contribution in [0.5, 0.6) is 0 Å². The third kappa shape index (κ3) is 4.62. The van der Waals surface area contributed by atoms with Gasteiger partial charge in [0.25, 0.3) is 0 Å². The van der Waals surface area contributed by atoms with Crippen molar-refractivity contribution >= 4 is 52.1 Å². The normalized spacial score (nSPS) is 15.1. The fourth-order valence-electron chi connectivity index (χ4n) is 2.40. The first-order valence-electron chi connectivity index (χ1n) is 6.60.